The van der Waals surface area contributed by atoms with Crippen LogP contribution in [-0.2, 0) is 0 Å². The maximum Gasteiger partial charge on any atom is 0.291 e. The number of nitrogens with zero attached hydrogens (tertiary/aromatic N) is 1. The van der Waals surface area contributed by atoms with Gasteiger partial charge in [-0.2, -0.15) is 0 Å². The van der Waals surface area contributed by atoms with Crippen LogP contribution in [0.1, 0.15) is 38.3 Å². The molecule has 2 N–H and O–H groups in total. The molecule has 3 heterocycles. The Kier molecular flexibility index (Phi) is 5.63. The molecule has 1 aromatic carbocycles. The van der Waals surface area contributed by atoms with Crippen LogP contribution < -0.4 is 10.6 Å². The summed E-state index contributed by atoms with van der Waals surface area (Å²) >= 11 is 1.47. The number of carbonyl (C=O) groups is 1. The molecule has 0 aliphatic rings. The van der Waals surface area contributed by atoms with Gasteiger partial charge in [0.05, 0.1) is 12.3 Å². The second-order valence-electron chi connectivity index (χ2n) is 6.87. The molecule has 4 aromatic rings. The number of rotatable bonds is 6. The predicted octanol–water partition coefficient (Wildman–Crippen LogP) is 5.95. The Labute approximate surface area is 177 Å². The van der Waals surface area contributed by atoms with Crippen LogP contribution in [-0.4, -0.2) is 10.9 Å². The van der Waals surface area contributed by atoms with E-state index in [-0.39, 0.29) is 23.5 Å². The van der Waals surface area contributed by atoms with Crippen molar-refractivity contribution in [2.75, 3.05) is 10.6 Å². The number of halogens is 1. The highest BCUT2D eigenvalue weighted by molar-refractivity contribution is 7.16. The van der Waals surface area contributed by atoms with Gasteiger partial charge in [-0.25, -0.2) is 9.37 Å². The molecule has 0 spiro atoms. The Morgan fingerprint density at radius 1 is 1.10 bits per heavy atom. The van der Waals surface area contributed by atoms with E-state index in [2.05, 4.69) is 15.6 Å². The van der Waals surface area contributed by atoms with Crippen molar-refractivity contribution in [3.8, 4) is 0 Å². The molecular weight excluding hydrogens is 401 g/mol. The summed E-state index contributed by atoms with van der Waals surface area (Å²) in [7, 11) is 0. The first-order valence-corrected chi connectivity index (χ1v) is 10.2. The largest absolute Gasteiger partial charge is 0.459 e. The van der Waals surface area contributed by atoms with Crippen molar-refractivity contribution in [3.63, 3.8) is 0 Å². The number of benzene rings is 1. The van der Waals surface area contributed by atoms with Gasteiger partial charge in [-0.05, 0) is 61.9 Å². The first kappa shape index (κ1) is 19.8. The van der Waals surface area contributed by atoms with Gasteiger partial charge in [0.25, 0.3) is 5.91 Å². The summed E-state index contributed by atoms with van der Waals surface area (Å²) in [5.41, 5.74) is 2.60. The third-order valence-electron chi connectivity index (χ3n) is 4.55. The third-order valence-corrected chi connectivity index (χ3v) is 5.53. The molecule has 0 radical (unpaired) electrons. The van der Waals surface area contributed by atoms with Gasteiger partial charge in [-0.1, -0.05) is 18.2 Å². The fourth-order valence-corrected chi connectivity index (χ4v) is 4.13. The number of hydrogen-bond acceptors (Lipinski definition) is 5. The van der Waals surface area contributed by atoms with Gasteiger partial charge in [-0.3, -0.25) is 4.79 Å². The van der Waals surface area contributed by atoms with E-state index in [1.165, 1.54) is 29.7 Å². The van der Waals surface area contributed by atoms with Gasteiger partial charge in [-0.15, -0.1) is 11.3 Å². The summed E-state index contributed by atoms with van der Waals surface area (Å²) in [5, 5.41) is 7.07. The molecule has 3 aromatic heterocycles. The molecule has 30 heavy (non-hydrogen) atoms. The summed E-state index contributed by atoms with van der Waals surface area (Å²) in [6.07, 6.45) is 1.46. The number of aryl methyl sites for hydroxylation is 2. The Bertz CT molecular complexity index is 1150. The molecule has 0 saturated heterocycles. The number of nitrogens with one attached hydrogen (secondary N) is 2. The average molecular weight is 421 g/mol. The molecule has 4 rings (SSSR count). The Morgan fingerprint density at radius 3 is 2.60 bits per heavy atom. The molecule has 0 unspecified atom stereocenters. The van der Waals surface area contributed by atoms with Crippen LogP contribution in [0.2, 0.25) is 0 Å². The van der Waals surface area contributed by atoms with Crippen molar-refractivity contribution in [2.24, 2.45) is 0 Å². The third kappa shape index (κ3) is 4.41. The standard InChI is InChI=1S/C23H20FN3O2S/c1-14-5-3-7-20(25-14)26-21(16-8-10-17(24)11-9-16)18-13-15(2)30-23(18)27-22(28)19-6-4-12-29-19/h3-13,21H,1-2H3,(H,25,26)(H,27,28)/t21-/m1/s1. The smallest absolute Gasteiger partial charge is 0.291 e. The molecule has 1 atom stereocenters. The Morgan fingerprint density at radius 2 is 1.90 bits per heavy atom. The quantitative estimate of drug-likeness (QED) is 0.404. The van der Waals surface area contributed by atoms with E-state index in [0.29, 0.717) is 10.8 Å². The van der Waals surface area contributed by atoms with Crippen LogP contribution in [0, 0.1) is 19.7 Å². The van der Waals surface area contributed by atoms with Crippen molar-refractivity contribution >= 4 is 28.1 Å². The average Bonchev–Trinajstić information content (AvgIpc) is 3.37. The van der Waals surface area contributed by atoms with E-state index in [0.717, 1.165) is 21.7 Å². The molecule has 0 bridgehead atoms. The van der Waals surface area contributed by atoms with Gasteiger partial charge in [0.1, 0.15) is 16.6 Å². The van der Waals surface area contributed by atoms with Crippen LogP contribution in [0.3, 0.4) is 0 Å². The van der Waals surface area contributed by atoms with E-state index in [1.807, 2.05) is 38.1 Å². The highest BCUT2D eigenvalue weighted by Gasteiger charge is 2.23. The summed E-state index contributed by atoms with van der Waals surface area (Å²) in [5.74, 6) is 0.295. The van der Waals surface area contributed by atoms with Crippen molar-refractivity contribution in [1.82, 2.24) is 4.98 Å². The molecule has 152 valence electrons. The molecule has 0 saturated carbocycles. The van der Waals surface area contributed by atoms with Gasteiger partial charge in [0.2, 0.25) is 0 Å². The fraction of sp³-hybridized carbons (Fsp3) is 0.130. The maximum atomic E-state index is 13.5. The van der Waals surface area contributed by atoms with E-state index < -0.39 is 0 Å². The molecule has 0 aliphatic carbocycles. The molecule has 7 heteroatoms. The van der Waals surface area contributed by atoms with E-state index in [1.54, 1.807) is 24.3 Å². The number of amides is 1. The van der Waals surface area contributed by atoms with Gasteiger partial charge in [0.15, 0.2) is 5.76 Å². The minimum atomic E-state index is -0.336. The second kappa shape index (κ2) is 8.51. The summed E-state index contributed by atoms with van der Waals surface area (Å²) in [6, 6.07) is 17.0. The van der Waals surface area contributed by atoms with Crippen molar-refractivity contribution < 1.29 is 13.6 Å². The SMILES string of the molecule is Cc1cccc(N[C@H](c2ccc(F)cc2)c2cc(C)sc2NC(=O)c2ccco2)n1. The van der Waals surface area contributed by atoms with Crippen LogP contribution in [0.4, 0.5) is 15.2 Å². The number of carbonyl (C=O) groups excluding carboxylic acids is 1. The van der Waals surface area contributed by atoms with Gasteiger partial charge >= 0.3 is 0 Å². The summed E-state index contributed by atoms with van der Waals surface area (Å²) in [6.45, 7) is 3.89. The van der Waals surface area contributed by atoms with Gasteiger partial charge in [0, 0.05) is 16.1 Å². The normalized spacial score (nSPS) is 11.8. The van der Waals surface area contributed by atoms with Gasteiger partial charge < -0.3 is 15.1 Å². The Balaban J connectivity index is 1.73. The monoisotopic (exact) mass is 421 g/mol. The molecular formula is C23H20FN3O2S. The number of furan rings is 1. The minimum absolute atomic E-state index is 0.235. The van der Waals surface area contributed by atoms with E-state index in [4.69, 9.17) is 4.42 Å². The number of anilines is 2. The first-order chi connectivity index (χ1) is 14.5. The number of pyridine rings is 1. The zero-order chi connectivity index (χ0) is 21.1. The zero-order valence-electron chi connectivity index (χ0n) is 16.5. The van der Waals surface area contributed by atoms with Crippen molar-refractivity contribution in [1.29, 1.82) is 0 Å². The topological polar surface area (TPSA) is 67.2 Å². The number of aromatic nitrogens is 1. The Hall–Kier alpha value is -3.45. The van der Waals surface area contributed by atoms with Crippen LogP contribution in [0.15, 0.2) is 71.3 Å². The van der Waals surface area contributed by atoms with Crippen LogP contribution >= 0.6 is 11.3 Å². The molecule has 0 fully saturated rings. The van der Waals surface area contributed by atoms with Crippen molar-refractivity contribution in [2.45, 2.75) is 19.9 Å². The molecule has 0 aliphatic heterocycles. The van der Waals surface area contributed by atoms with E-state index in [9.17, 15) is 9.18 Å². The zero-order valence-corrected chi connectivity index (χ0v) is 17.3. The number of thiophene rings is 1. The van der Waals surface area contributed by atoms with Crippen LogP contribution in [0.5, 0.6) is 0 Å². The number of hydrogen-bond donors (Lipinski definition) is 2. The minimum Gasteiger partial charge on any atom is -0.459 e. The highest BCUT2D eigenvalue weighted by Crippen LogP contribution is 2.37. The van der Waals surface area contributed by atoms with Crippen LogP contribution in [0.25, 0.3) is 0 Å². The fourth-order valence-electron chi connectivity index (χ4n) is 3.19. The lowest BCUT2D eigenvalue weighted by Gasteiger charge is -2.21. The highest BCUT2D eigenvalue weighted by atomic mass is 32.1. The van der Waals surface area contributed by atoms with Crippen molar-refractivity contribution in [3.05, 3.63) is 100 Å². The lowest BCUT2D eigenvalue weighted by atomic mass is 10.00. The maximum absolute atomic E-state index is 13.5. The predicted molar refractivity (Wildman–Crippen MR) is 117 cm³/mol. The lowest BCUT2D eigenvalue weighted by Crippen LogP contribution is -2.17. The molecule has 1 amide bonds. The summed E-state index contributed by atoms with van der Waals surface area (Å²) in [4.78, 5) is 18.1. The second-order valence-corrected chi connectivity index (χ2v) is 8.12. The lowest BCUT2D eigenvalue weighted by molar-refractivity contribution is 0.0997. The molecule has 5 nitrogen and oxygen atoms in total. The van der Waals surface area contributed by atoms with E-state index >= 15 is 0 Å². The summed E-state index contributed by atoms with van der Waals surface area (Å²) < 4.78 is 18.8. The first-order valence-electron chi connectivity index (χ1n) is 9.40.